The van der Waals surface area contributed by atoms with Crippen LogP contribution < -0.4 is 5.32 Å². The predicted octanol–water partition coefficient (Wildman–Crippen LogP) is 4.23. The number of hydrogen-bond acceptors (Lipinski definition) is 4. The summed E-state index contributed by atoms with van der Waals surface area (Å²) in [7, 11) is 0. The number of rotatable bonds is 4. The van der Waals surface area contributed by atoms with E-state index >= 15 is 0 Å². The fraction of sp³-hybridized carbons (Fsp3) is 0.133. The van der Waals surface area contributed by atoms with Gasteiger partial charge in [0.25, 0.3) is 5.91 Å². The van der Waals surface area contributed by atoms with Crippen molar-refractivity contribution in [1.29, 1.82) is 0 Å². The lowest BCUT2D eigenvalue weighted by Gasteiger charge is -2.14. The second-order valence-corrected chi connectivity index (χ2v) is 5.74. The quantitative estimate of drug-likeness (QED) is 0.643. The molecule has 0 aliphatic heterocycles. The summed E-state index contributed by atoms with van der Waals surface area (Å²) >= 11 is 17.7. The van der Waals surface area contributed by atoms with Crippen LogP contribution in [0.5, 0.6) is 0 Å². The Labute approximate surface area is 147 Å². The minimum absolute atomic E-state index is 0.223. The third kappa shape index (κ3) is 4.58. The van der Waals surface area contributed by atoms with Crippen LogP contribution in [0.25, 0.3) is 0 Å². The Kier molecular flexibility index (Phi) is 5.82. The minimum Gasteiger partial charge on any atom is -0.449 e. The van der Waals surface area contributed by atoms with E-state index in [0.717, 1.165) is 0 Å². The molecule has 0 radical (unpaired) electrons. The van der Waals surface area contributed by atoms with Gasteiger partial charge in [-0.25, -0.2) is 4.79 Å². The molecule has 1 unspecified atom stereocenters. The number of ether oxygens (including phenoxy) is 1. The van der Waals surface area contributed by atoms with E-state index in [4.69, 9.17) is 39.5 Å². The molecule has 1 aromatic heterocycles. The number of benzene rings is 1. The van der Waals surface area contributed by atoms with E-state index in [1.165, 1.54) is 43.6 Å². The van der Waals surface area contributed by atoms with Gasteiger partial charge in [0.15, 0.2) is 6.10 Å². The highest BCUT2D eigenvalue weighted by Gasteiger charge is 2.20. The molecule has 120 valence electrons. The maximum atomic E-state index is 12.1. The number of pyridine rings is 1. The lowest BCUT2D eigenvalue weighted by molar-refractivity contribution is -0.123. The van der Waals surface area contributed by atoms with Gasteiger partial charge in [-0.2, -0.15) is 0 Å². The van der Waals surface area contributed by atoms with Gasteiger partial charge in [-0.15, -0.1) is 0 Å². The van der Waals surface area contributed by atoms with Gasteiger partial charge in [-0.1, -0.05) is 34.8 Å². The highest BCUT2D eigenvalue weighted by atomic mass is 35.5. The molecule has 2 rings (SSSR count). The molecule has 0 saturated carbocycles. The van der Waals surface area contributed by atoms with Crippen LogP contribution in [0.15, 0.2) is 36.7 Å². The van der Waals surface area contributed by atoms with Crippen LogP contribution in [-0.4, -0.2) is 23.0 Å². The van der Waals surface area contributed by atoms with Gasteiger partial charge in [-0.05, 0) is 31.2 Å². The maximum Gasteiger partial charge on any atom is 0.339 e. The lowest BCUT2D eigenvalue weighted by Crippen LogP contribution is -2.30. The molecule has 8 heteroatoms. The molecular formula is C15H11Cl3N2O3. The Morgan fingerprint density at radius 1 is 1.09 bits per heavy atom. The molecule has 0 aliphatic carbocycles. The highest BCUT2D eigenvalue weighted by Crippen LogP contribution is 2.32. The van der Waals surface area contributed by atoms with Gasteiger partial charge in [0, 0.05) is 12.4 Å². The smallest absolute Gasteiger partial charge is 0.339 e. The summed E-state index contributed by atoms with van der Waals surface area (Å²) in [4.78, 5) is 27.8. The maximum absolute atomic E-state index is 12.1. The van der Waals surface area contributed by atoms with Crippen LogP contribution >= 0.6 is 34.8 Å². The molecule has 0 saturated heterocycles. The molecule has 2 aromatic rings. The molecule has 0 fully saturated rings. The van der Waals surface area contributed by atoms with Crippen molar-refractivity contribution in [2.75, 3.05) is 5.32 Å². The number of carbonyl (C=O) groups excluding carboxylic acids is 2. The van der Waals surface area contributed by atoms with E-state index in [1.54, 1.807) is 0 Å². The molecule has 1 heterocycles. The summed E-state index contributed by atoms with van der Waals surface area (Å²) in [6.07, 6.45) is 1.88. The zero-order valence-electron chi connectivity index (χ0n) is 11.8. The predicted molar refractivity (Wildman–Crippen MR) is 89.2 cm³/mol. The van der Waals surface area contributed by atoms with Crippen molar-refractivity contribution in [2.45, 2.75) is 13.0 Å². The lowest BCUT2D eigenvalue weighted by atomic mass is 10.2. The van der Waals surface area contributed by atoms with Crippen LogP contribution in [0.4, 0.5) is 5.69 Å². The second kappa shape index (κ2) is 7.64. The minimum atomic E-state index is -1.03. The zero-order valence-corrected chi connectivity index (χ0v) is 14.1. The van der Waals surface area contributed by atoms with Crippen molar-refractivity contribution in [3.63, 3.8) is 0 Å². The molecular weight excluding hydrogens is 363 g/mol. The molecule has 1 aromatic carbocycles. The average molecular weight is 374 g/mol. The molecule has 1 N–H and O–H groups in total. The number of carbonyl (C=O) groups is 2. The van der Waals surface area contributed by atoms with E-state index in [-0.39, 0.29) is 20.8 Å². The number of aromatic nitrogens is 1. The van der Waals surface area contributed by atoms with Crippen molar-refractivity contribution in [3.05, 3.63) is 57.3 Å². The van der Waals surface area contributed by atoms with Gasteiger partial charge in [-0.3, -0.25) is 9.78 Å². The summed E-state index contributed by atoms with van der Waals surface area (Å²) in [5.41, 5.74) is 0.574. The highest BCUT2D eigenvalue weighted by molar-refractivity contribution is 6.44. The number of hydrogen-bond donors (Lipinski definition) is 1. The first-order valence-corrected chi connectivity index (χ1v) is 7.58. The molecule has 23 heavy (non-hydrogen) atoms. The average Bonchev–Trinajstić information content (AvgIpc) is 2.53. The summed E-state index contributed by atoms with van der Waals surface area (Å²) in [6.45, 7) is 1.44. The second-order valence-electron chi connectivity index (χ2n) is 4.52. The Morgan fingerprint density at radius 3 is 2.35 bits per heavy atom. The summed E-state index contributed by atoms with van der Waals surface area (Å²) in [6, 6.07) is 5.81. The van der Waals surface area contributed by atoms with Gasteiger partial charge < -0.3 is 10.1 Å². The number of nitrogens with zero attached hydrogens (tertiary/aromatic N) is 1. The van der Waals surface area contributed by atoms with Crippen LogP contribution in [0.2, 0.25) is 15.1 Å². The first-order chi connectivity index (χ1) is 10.9. The van der Waals surface area contributed by atoms with Crippen LogP contribution in [0.1, 0.15) is 17.3 Å². The molecule has 1 amide bonds. The molecule has 0 bridgehead atoms. The summed E-state index contributed by atoms with van der Waals surface area (Å²) in [5.74, 6) is -1.18. The molecule has 0 aliphatic rings. The van der Waals surface area contributed by atoms with Crippen molar-refractivity contribution < 1.29 is 14.3 Å². The normalized spacial score (nSPS) is 11.7. The Bertz CT molecular complexity index is 738. The third-order valence-electron chi connectivity index (χ3n) is 2.84. The molecule has 5 nitrogen and oxygen atoms in total. The van der Waals surface area contributed by atoms with E-state index in [2.05, 4.69) is 10.3 Å². The number of amides is 1. The largest absolute Gasteiger partial charge is 0.449 e. The van der Waals surface area contributed by atoms with Crippen molar-refractivity contribution in [3.8, 4) is 0 Å². The summed E-state index contributed by atoms with van der Waals surface area (Å²) < 4.78 is 5.08. The van der Waals surface area contributed by atoms with Gasteiger partial charge in [0.2, 0.25) is 0 Å². The Balaban J connectivity index is 2.03. The van der Waals surface area contributed by atoms with Gasteiger partial charge in [0.1, 0.15) is 0 Å². The van der Waals surface area contributed by atoms with E-state index in [1.807, 2.05) is 0 Å². The van der Waals surface area contributed by atoms with Gasteiger partial charge >= 0.3 is 5.97 Å². The molecule has 0 spiro atoms. The third-order valence-corrected chi connectivity index (χ3v) is 3.87. The number of anilines is 1. The van der Waals surface area contributed by atoms with Crippen LogP contribution in [-0.2, 0) is 9.53 Å². The summed E-state index contributed by atoms with van der Waals surface area (Å²) in [5, 5.41) is 3.27. The SMILES string of the molecule is CC(OC(=O)c1ccncc1)C(=O)Nc1cc(Cl)c(Cl)cc1Cl. The fourth-order valence-electron chi connectivity index (χ4n) is 1.62. The Hall–Kier alpha value is -1.82. The van der Waals surface area contributed by atoms with Crippen LogP contribution in [0.3, 0.4) is 0 Å². The van der Waals surface area contributed by atoms with E-state index < -0.39 is 18.0 Å². The van der Waals surface area contributed by atoms with Crippen LogP contribution in [0, 0.1) is 0 Å². The number of nitrogens with one attached hydrogen (secondary N) is 1. The topological polar surface area (TPSA) is 68.3 Å². The first kappa shape index (κ1) is 17.5. The first-order valence-electron chi connectivity index (χ1n) is 6.45. The number of halogens is 3. The van der Waals surface area contributed by atoms with Crippen molar-refractivity contribution in [2.24, 2.45) is 0 Å². The Morgan fingerprint density at radius 2 is 1.70 bits per heavy atom. The number of esters is 1. The standard InChI is InChI=1S/C15H11Cl3N2O3/c1-8(23-15(22)9-2-4-19-5-3-9)14(21)20-13-7-11(17)10(16)6-12(13)18/h2-8H,1H3,(H,20,21). The van der Waals surface area contributed by atoms with E-state index in [9.17, 15) is 9.59 Å². The van der Waals surface area contributed by atoms with Crippen molar-refractivity contribution in [1.82, 2.24) is 4.98 Å². The zero-order chi connectivity index (χ0) is 17.0. The van der Waals surface area contributed by atoms with E-state index in [0.29, 0.717) is 5.56 Å². The van der Waals surface area contributed by atoms with Crippen molar-refractivity contribution >= 4 is 52.4 Å². The monoisotopic (exact) mass is 372 g/mol. The van der Waals surface area contributed by atoms with Gasteiger partial charge in [0.05, 0.1) is 26.3 Å². The fourth-order valence-corrected chi connectivity index (χ4v) is 2.22. The molecule has 1 atom stereocenters.